The standard InChI is InChI=1S/C12H14BrN3OS/c13-8-1-2-11-10(7-8)15-12(14)16(11)9-3-5-18(17)6-4-9/h1-2,7,9H,3-6H2,(H2,14,15). The first-order valence-corrected chi connectivity index (χ1v) is 8.21. The van der Waals surface area contributed by atoms with Gasteiger partial charge in [0.2, 0.25) is 5.95 Å². The third-order valence-corrected chi connectivity index (χ3v) is 5.28. The molecule has 0 spiro atoms. The second-order valence-corrected chi connectivity index (χ2v) is 7.16. The number of hydrogen-bond donors (Lipinski definition) is 1. The number of nitrogen functional groups attached to an aromatic ring is 1. The van der Waals surface area contributed by atoms with Gasteiger partial charge in [0.05, 0.1) is 11.0 Å². The van der Waals surface area contributed by atoms with Gasteiger partial charge in [-0.2, -0.15) is 0 Å². The molecular formula is C12H14BrN3OS. The molecule has 1 fully saturated rings. The second kappa shape index (κ2) is 4.66. The average Bonchev–Trinajstić information content (AvgIpc) is 2.65. The molecule has 0 atom stereocenters. The van der Waals surface area contributed by atoms with Gasteiger partial charge in [-0.05, 0) is 31.0 Å². The van der Waals surface area contributed by atoms with Crippen LogP contribution in [-0.2, 0) is 10.8 Å². The summed E-state index contributed by atoms with van der Waals surface area (Å²) in [5.41, 5.74) is 8.00. The minimum absolute atomic E-state index is 0.328. The third kappa shape index (κ3) is 2.07. The first-order chi connectivity index (χ1) is 8.65. The Morgan fingerprint density at radius 3 is 2.83 bits per heavy atom. The van der Waals surface area contributed by atoms with E-state index < -0.39 is 10.8 Å². The lowest BCUT2D eigenvalue weighted by atomic mass is 10.1. The molecule has 1 aromatic heterocycles. The number of imidazole rings is 1. The van der Waals surface area contributed by atoms with Gasteiger partial charge in [0.1, 0.15) is 0 Å². The molecule has 0 saturated carbocycles. The minimum atomic E-state index is -0.649. The lowest BCUT2D eigenvalue weighted by Crippen LogP contribution is -2.22. The van der Waals surface area contributed by atoms with E-state index in [1.165, 1.54) is 0 Å². The normalized spacial score (nSPS) is 24.5. The van der Waals surface area contributed by atoms with E-state index in [1.54, 1.807) is 0 Å². The van der Waals surface area contributed by atoms with Crippen molar-refractivity contribution in [3.05, 3.63) is 22.7 Å². The molecule has 0 radical (unpaired) electrons. The number of halogens is 1. The maximum absolute atomic E-state index is 11.4. The zero-order valence-electron chi connectivity index (χ0n) is 9.80. The van der Waals surface area contributed by atoms with Gasteiger partial charge in [-0.25, -0.2) is 4.98 Å². The average molecular weight is 328 g/mol. The Hall–Kier alpha value is -0.880. The van der Waals surface area contributed by atoms with Crippen molar-refractivity contribution in [2.45, 2.75) is 18.9 Å². The van der Waals surface area contributed by atoms with Gasteiger partial charge in [0, 0.05) is 32.8 Å². The van der Waals surface area contributed by atoms with Crippen LogP contribution in [0.1, 0.15) is 18.9 Å². The molecule has 96 valence electrons. The fourth-order valence-corrected chi connectivity index (χ4v) is 4.14. The molecule has 2 aromatic rings. The Bertz CT molecular complexity index is 615. The van der Waals surface area contributed by atoms with Crippen molar-refractivity contribution in [1.29, 1.82) is 0 Å². The summed E-state index contributed by atoms with van der Waals surface area (Å²) in [6.07, 6.45) is 1.83. The van der Waals surface area contributed by atoms with Crippen molar-refractivity contribution < 1.29 is 4.21 Å². The first-order valence-electron chi connectivity index (χ1n) is 5.93. The minimum Gasteiger partial charge on any atom is -0.369 e. The number of fused-ring (bicyclic) bond motifs is 1. The van der Waals surface area contributed by atoms with Gasteiger partial charge in [0.25, 0.3) is 0 Å². The number of hydrogen-bond acceptors (Lipinski definition) is 3. The molecule has 1 aliphatic rings. The Kier molecular flexibility index (Phi) is 3.15. The maximum Gasteiger partial charge on any atom is 0.201 e. The van der Waals surface area contributed by atoms with Gasteiger partial charge < -0.3 is 10.3 Å². The second-order valence-electron chi connectivity index (χ2n) is 4.55. The fourth-order valence-electron chi connectivity index (χ4n) is 2.51. The summed E-state index contributed by atoms with van der Waals surface area (Å²) in [6.45, 7) is 0. The van der Waals surface area contributed by atoms with Crippen molar-refractivity contribution in [2.75, 3.05) is 17.2 Å². The Balaban J connectivity index is 2.05. The van der Waals surface area contributed by atoms with Crippen molar-refractivity contribution in [2.24, 2.45) is 0 Å². The Labute approximate surface area is 116 Å². The lowest BCUT2D eigenvalue weighted by molar-refractivity contribution is 0.478. The number of nitrogens with two attached hydrogens (primary N) is 1. The van der Waals surface area contributed by atoms with Crippen LogP contribution in [0.5, 0.6) is 0 Å². The summed E-state index contributed by atoms with van der Waals surface area (Å²) < 4.78 is 14.5. The van der Waals surface area contributed by atoms with Gasteiger partial charge >= 0.3 is 0 Å². The van der Waals surface area contributed by atoms with Crippen molar-refractivity contribution >= 4 is 43.7 Å². The Morgan fingerprint density at radius 2 is 2.11 bits per heavy atom. The molecule has 3 rings (SSSR count). The lowest BCUT2D eigenvalue weighted by Gasteiger charge is -2.24. The molecular weight excluding hydrogens is 314 g/mol. The van der Waals surface area contributed by atoms with Gasteiger partial charge in [-0.1, -0.05) is 15.9 Å². The number of aromatic nitrogens is 2. The highest BCUT2D eigenvalue weighted by Gasteiger charge is 2.22. The molecule has 2 N–H and O–H groups in total. The smallest absolute Gasteiger partial charge is 0.201 e. The highest BCUT2D eigenvalue weighted by Crippen LogP contribution is 2.30. The molecule has 1 saturated heterocycles. The highest BCUT2D eigenvalue weighted by atomic mass is 79.9. The van der Waals surface area contributed by atoms with Crippen LogP contribution in [0, 0.1) is 0 Å². The summed E-state index contributed by atoms with van der Waals surface area (Å²) in [4.78, 5) is 4.40. The molecule has 1 aliphatic heterocycles. The van der Waals surface area contributed by atoms with Crippen LogP contribution in [0.4, 0.5) is 5.95 Å². The zero-order chi connectivity index (χ0) is 12.7. The summed E-state index contributed by atoms with van der Waals surface area (Å²) in [5.74, 6) is 2.08. The summed E-state index contributed by atoms with van der Waals surface area (Å²) in [7, 11) is -0.649. The largest absolute Gasteiger partial charge is 0.369 e. The van der Waals surface area contributed by atoms with Crippen molar-refractivity contribution in [1.82, 2.24) is 9.55 Å². The van der Waals surface area contributed by atoms with Crippen molar-refractivity contribution in [3.8, 4) is 0 Å². The Morgan fingerprint density at radius 1 is 1.39 bits per heavy atom. The van der Waals surface area contributed by atoms with Crippen LogP contribution in [0.2, 0.25) is 0 Å². The molecule has 18 heavy (non-hydrogen) atoms. The molecule has 2 heterocycles. The molecule has 1 aromatic carbocycles. The van der Waals surface area contributed by atoms with E-state index in [1.807, 2.05) is 18.2 Å². The topological polar surface area (TPSA) is 60.9 Å². The molecule has 4 nitrogen and oxygen atoms in total. The van der Waals surface area contributed by atoms with Crippen molar-refractivity contribution in [3.63, 3.8) is 0 Å². The van der Waals surface area contributed by atoms with E-state index in [4.69, 9.17) is 5.73 Å². The monoisotopic (exact) mass is 327 g/mol. The SMILES string of the molecule is Nc1nc2cc(Br)ccc2n1C1CCS(=O)CC1. The molecule has 0 bridgehead atoms. The van der Waals surface area contributed by atoms with Crippen LogP contribution < -0.4 is 5.73 Å². The molecule has 6 heteroatoms. The fraction of sp³-hybridized carbons (Fsp3) is 0.417. The summed E-state index contributed by atoms with van der Waals surface area (Å²) in [5, 5.41) is 0. The van der Waals surface area contributed by atoms with Crippen LogP contribution >= 0.6 is 15.9 Å². The molecule has 0 amide bonds. The van der Waals surface area contributed by atoms with Crippen LogP contribution in [0.3, 0.4) is 0 Å². The number of rotatable bonds is 1. The quantitative estimate of drug-likeness (QED) is 0.875. The first kappa shape index (κ1) is 12.2. The highest BCUT2D eigenvalue weighted by molar-refractivity contribution is 9.10. The number of nitrogens with zero attached hydrogens (tertiary/aromatic N) is 2. The predicted molar refractivity (Wildman–Crippen MR) is 78.0 cm³/mol. The number of anilines is 1. The van der Waals surface area contributed by atoms with Gasteiger partial charge in [-0.15, -0.1) is 0 Å². The van der Waals surface area contributed by atoms with E-state index in [0.717, 1.165) is 39.9 Å². The summed E-state index contributed by atoms with van der Waals surface area (Å²) in [6, 6.07) is 6.34. The molecule has 0 aliphatic carbocycles. The van der Waals surface area contributed by atoms with Gasteiger partial charge in [-0.3, -0.25) is 4.21 Å². The van der Waals surface area contributed by atoms with Crippen LogP contribution in [0.15, 0.2) is 22.7 Å². The summed E-state index contributed by atoms with van der Waals surface area (Å²) >= 11 is 3.44. The predicted octanol–water partition coefficient (Wildman–Crippen LogP) is 2.46. The maximum atomic E-state index is 11.4. The zero-order valence-corrected chi connectivity index (χ0v) is 12.2. The van der Waals surface area contributed by atoms with E-state index in [-0.39, 0.29) is 0 Å². The number of benzene rings is 1. The van der Waals surface area contributed by atoms with E-state index in [9.17, 15) is 4.21 Å². The third-order valence-electron chi connectivity index (χ3n) is 3.40. The van der Waals surface area contributed by atoms with E-state index >= 15 is 0 Å². The van der Waals surface area contributed by atoms with Crippen LogP contribution in [-0.4, -0.2) is 25.3 Å². The van der Waals surface area contributed by atoms with Gasteiger partial charge in [0.15, 0.2) is 0 Å². The van der Waals surface area contributed by atoms with Crippen LogP contribution in [0.25, 0.3) is 11.0 Å². The molecule has 0 unspecified atom stereocenters. The van der Waals surface area contributed by atoms with E-state index in [2.05, 4.69) is 25.5 Å². The van der Waals surface area contributed by atoms with E-state index in [0.29, 0.717) is 12.0 Å².